The molecule has 2 nitrogen and oxygen atoms in total. The second-order valence-corrected chi connectivity index (χ2v) is 4.12. The zero-order chi connectivity index (χ0) is 9.97. The molecule has 0 aromatic heterocycles. The highest BCUT2D eigenvalue weighted by Crippen LogP contribution is 2.29. The molecule has 1 fully saturated rings. The van der Waals surface area contributed by atoms with Crippen molar-refractivity contribution >= 4 is 11.6 Å². The Balaban J connectivity index is 2.18. The van der Waals surface area contributed by atoms with Crippen molar-refractivity contribution < 1.29 is 5.11 Å². The molecule has 1 aliphatic heterocycles. The predicted octanol–water partition coefficient (Wildman–Crippen LogP) is 2.86. The van der Waals surface area contributed by atoms with Gasteiger partial charge in [0.2, 0.25) is 0 Å². The van der Waals surface area contributed by atoms with E-state index in [4.69, 9.17) is 11.6 Å². The van der Waals surface area contributed by atoms with Crippen LogP contribution in [0, 0.1) is 0 Å². The number of benzene rings is 1. The van der Waals surface area contributed by atoms with Crippen LogP contribution in [-0.4, -0.2) is 11.7 Å². The van der Waals surface area contributed by atoms with Crippen LogP contribution in [0.4, 0.5) is 0 Å². The van der Waals surface area contributed by atoms with E-state index in [1.165, 1.54) is 18.4 Å². The summed E-state index contributed by atoms with van der Waals surface area (Å²) in [5.74, 6) is 0.159. The first kappa shape index (κ1) is 9.81. The number of halogens is 1. The second kappa shape index (κ2) is 4.20. The van der Waals surface area contributed by atoms with Crippen LogP contribution in [-0.2, 0) is 0 Å². The summed E-state index contributed by atoms with van der Waals surface area (Å²) >= 11 is 5.86. The van der Waals surface area contributed by atoms with E-state index in [0.717, 1.165) is 13.0 Å². The van der Waals surface area contributed by atoms with Gasteiger partial charge in [0.25, 0.3) is 0 Å². The molecule has 0 unspecified atom stereocenters. The Morgan fingerprint density at radius 1 is 1.36 bits per heavy atom. The minimum atomic E-state index is 0.159. The van der Waals surface area contributed by atoms with Crippen molar-refractivity contribution in [2.45, 2.75) is 25.3 Å². The van der Waals surface area contributed by atoms with Gasteiger partial charge in [-0.25, -0.2) is 0 Å². The van der Waals surface area contributed by atoms with Crippen LogP contribution in [0.5, 0.6) is 5.75 Å². The molecule has 1 atom stereocenters. The van der Waals surface area contributed by atoms with Gasteiger partial charge in [-0.05, 0) is 37.1 Å². The molecule has 0 amide bonds. The molecule has 0 spiro atoms. The van der Waals surface area contributed by atoms with Crippen molar-refractivity contribution in [1.29, 1.82) is 0 Å². The number of phenolic OH excluding ortho intramolecular Hbond substituents is 1. The predicted molar refractivity (Wildman–Crippen MR) is 57.7 cm³/mol. The lowest BCUT2D eigenvalue weighted by molar-refractivity contribution is 0.411. The Labute approximate surface area is 88.9 Å². The standard InChI is InChI=1S/C11H14ClNO/c12-9-7-8(4-5-11(9)14)10-3-1-2-6-13-10/h4-5,7,10,13-14H,1-3,6H2/t10-/m1/s1. The van der Waals surface area contributed by atoms with E-state index in [1.54, 1.807) is 6.07 Å². The van der Waals surface area contributed by atoms with Crippen molar-refractivity contribution in [3.8, 4) is 5.75 Å². The monoisotopic (exact) mass is 211 g/mol. The molecular weight excluding hydrogens is 198 g/mol. The van der Waals surface area contributed by atoms with Gasteiger partial charge >= 0.3 is 0 Å². The van der Waals surface area contributed by atoms with Gasteiger partial charge in [0.15, 0.2) is 0 Å². The molecule has 1 saturated heterocycles. The van der Waals surface area contributed by atoms with Gasteiger partial charge in [-0.2, -0.15) is 0 Å². The van der Waals surface area contributed by atoms with E-state index in [0.29, 0.717) is 11.1 Å². The summed E-state index contributed by atoms with van der Waals surface area (Å²) in [7, 11) is 0. The van der Waals surface area contributed by atoms with E-state index < -0.39 is 0 Å². The van der Waals surface area contributed by atoms with Crippen LogP contribution < -0.4 is 5.32 Å². The second-order valence-electron chi connectivity index (χ2n) is 3.71. The fourth-order valence-corrected chi connectivity index (χ4v) is 2.07. The van der Waals surface area contributed by atoms with E-state index in [1.807, 2.05) is 12.1 Å². The lowest BCUT2D eigenvalue weighted by Crippen LogP contribution is -2.26. The van der Waals surface area contributed by atoms with Crippen molar-refractivity contribution in [1.82, 2.24) is 5.32 Å². The molecule has 1 aromatic rings. The van der Waals surface area contributed by atoms with E-state index in [2.05, 4.69) is 5.32 Å². The maximum atomic E-state index is 9.29. The molecule has 14 heavy (non-hydrogen) atoms. The van der Waals surface area contributed by atoms with Crippen molar-refractivity contribution in [3.63, 3.8) is 0 Å². The van der Waals surface area contributed by atoms with E-state index in [-0.39, 0.29) is 5.75 Å². The number of piperidine rings is 1. The Morgan fingerprint density at radius 2 is 2.21 bits per heavy atom. The first-order valence-electron chi connectivity index (χ1n) is 4.99. The molecule has 2 N–H and O–H groups in total. The minimum absolute atomic E-state index is 0.159. The average molecular weight is 212 g/mol. The minimum Gasteiger partial charge on any atom is -0.506 e. The average Bonchev–Trinajstić information content (AvgIpc) is 2.23. The maximum Gasteiger partial charge on any atom is 0.134 e. The molecule has 1 heterocycles. The van der Waals surface area contributed by atoms with Crippen LogP contribution in [0.15, 0.2) is 18.2 Å². The van der Waals surface area contributed by atoms with Crippen molar-refractivity contribution in [2.24, 2.45) is 0 Å². The van der Waals surface area contributed by atoms with Gasteiger partial charge in [0, 0.05) is 6.04 Å². The summed E-state index contributed by atoms with van der Waals surface area (Å²) in [5, 5.41) is 13.2. The third-order valence-corrected chi connectivity index (χ3v) is 2.99. The highest BCUT2D eigenvalue weighted by Gasteiger charge is 2.15. The van der Waals surface area contributed by atoms with Crippen molar-refractivity contribution in [2.75, 3.05) is 6.54 Å². The van der Waals surface area contributed by atoms with Gasteiger partial charge in [0.05, 0.1) is 5.02 Å². The molecule has 3 heteroatoms. The molecule has 76 valence electrons. The maximum absolute atomic E-state index is 9.29. The highest BCUT2D eigenvalue weighted by molar-refractivity contribution is 6.32. The van der Waals surface area contributed by atoms with Crippen LogP contribution in [0.25, 0.3) is 0 Å². The molecule has 1 aliphatic rings. The molecule has 0 radical (unpaired) electrons. The third-order valence-electron chi connectivity index (χ3n) is 2.68. The van der Waals surface area contributed by atoms with Crippen LogP contribution >= 0.6 is 11.6 Å². The lowest BCUT2D eigenvalue weighted by atomic mass is 9.97. The van der Waals surface area contributed by atoms with Crippen LogP contribution in [0.1, 0.15) is 30.9 Å². The van der Waals surface area contributed by atoms with E-state index >= 15 is 0 Å². The Hall–Kier alpha value is -0.730. The quantitative estimate of drug-likeness (QED) is 0.749. The topological polar surface area (TPSA) is 32.3 Å². The summed E-state index contributed by atoms with van der Waals surface area (Å²) < 4.78 is 0. The van der Waals surface area contributed by atoms with Gasteiger partial charge in [-0.1, -0.05) is 24.1 Å². The van der Waals surface area contributed by atoms with Gasteiger partial charge in [-0.15, -0.1) is 0 Å². The van der Waals surface area contributed by atoms with Gasteiger partial charge in [-0.3, -0.25) is 0 Å². The molecule has 2 rings (SSSR count). The molecular formula is C11H14ClNO. The van der Waals surface area contributed by atoms with Gasteiger partial charge < -0.3 is 10.4 Å². The zero-order valence-corrected chi connectivity index (χ0v) is 8.72. The fourth-order valence-electron chi connectivity index (χ4n) is 1.88. The number of rotatable bonds is 1. The van der Waals surface area contributed by atoms with Crippen molar-refractivity contribution in [3.05, 3.63) is 28.8 Å². The first-order chi connectivity index (χ1) is 6.77. The summed E-state index contributed by atoms with van der Waals surface area (Å²) in [4.78, 5) is 0. The highest BCUT2D eigenvalue weighted by atomic mass is 35.5. The summed E-state index contributed by atoms with van der Waals surface area (Å²) in [6.45, 7) is 1.07. The summed E-state index contributed by atoms with van der Waals surface area (Å²) in [5.41, 5.74) is 1.17. The largest absolute Gasteiger partial charge is 0.506 e. The lowest BCUT2D eigenvalue weighted by Gasteiger charge is -2.24. The number of aromatic hydroxyl groups is 1. The Morgan fingerprint density at radius 3 is 2.86 bits per heavy atom. The smallest absolute Gasteiger partial charge is 0.134 e. The van der Waals surface area contributed by atoms with E-state index in [9.17, 15) is 5.11 Å². The number of nitrogens with one attached hydrogen (secondary N) is 1. The Kier molecular flexibility index (Phi) is 2.94. The fraction of sp³-hybridized carbons (Fsp3) is 0.455. The molecule has 0 saturated carbocycles. The number of hydrogen-bond donors (Lipinski definition) is 2. The molecule has 1 aromatic carbocycles. The number of phenols is 1. The summed E-state index contributed by atoms with van der Waals surface area (Å²) in [6.07, 6.45) is 3.67. The Bertz CT molecular complexity index is 321. The zero-order valence-electron chi connectivity index (χ0n) is 7.96. The van der Waals surface area contributed by atoms with Crippen LogP contribution in [0.3, 0.4) is 0 Å². The third kappa shape index (κ3) is 2.02. The summed E-state index contributed by atoms with van der Waals surface area (Å²) in [6, 6.07) is 5.85. The SMILES string of the molecule is Oc1ccc([C@H]2CCCCN2)cc1Cl. The number of hydrogen-bond acceptors (Lipinski definition) is 2. The van der Waals surface area contributed by atoms with Crippen LogP contribution in [0.2, 0.25) is 5.02 Å². The molecule has 0 bridgehead atoms. The molecule has 0 aliphatic carbocycles. The first-order valence-corrected chi connectivity index (χ1v) is 5.37. The van der Waals surface area contributed by atoms with Gasteiger partial charge in [0.1, 0.15) is 5.75 Å². The normalized spacial score (nSPS) is 22.2.